The molecule has 1 aliphatic rings. The Morgan fingerprint density at radius 3 is 2.75 bits per heavy atom. The molecule has 0 spiro atoms. The van der Waals surface area contributed by atoms with Crippen molar-refractivity contribution < 1.29 is 14.3 Å². The maximum Gasteiger partial charge on any atom is 0.339 e. The molecular formula is C17H20O3. The van der Waals surface area contributed by atoms with Crippen LogP contribution in [0.2, 0.25) is 0 Å². The van der Waals surface area contributed by atoms with Crippen LogP contribution in [0.5, 0.6) is 0 Å². The number of furan rings is 1. The highest BCUT2D eigenvalue weighted by molar-refractivity contribution is 6.03. The summed E-state index contributed by atoms with van der Waals surface area (Å²) in [4.78, 5) is 11.3. The van der Waals surface area contributed by atoms with E-state index in [4.69, 9.17) is 4.42 Å². The molecule has 1 fully saturated rings. The van der Waals surface area contributed by atoms with Gasteiger partial charge < -0.3 is 9.52 Å². The average Bonchev–Trinajstić information content (AvgIpc) is 2.75. The van der Waals surface area contributed by atoms with Gasteiger partial charge in [-0.1, -0.05) is 38.2 Å². The van der Waals surface area contributed by atoms with E-state index in [2.05, 4.69) is 6.07 Å². The van der Waals surface area contributed by atoms with Gasteiger partial charge >= 0.3 is 5.97 Å². The molecule has 1 aromatic carbocycles. The van der Waals surface area contributed by atoms with Gasteiger partial charge in [0.05, 0.1) is 0 Å². The molecule has 0 bridgehead atoms. The molecule has 0 radical (unpaired) electrons. The summed E-state index contributed by atoms with van der Waals surface area (Å²) < 4.78 is 5.52. The third kappa shape index (κ3) is 2.45. The number of fused-ring (bicyclic) bond motifs is 1. The van der Waals surface area contributed by atoms with Gasteiger partial charge in [-0.05, 0) is 37.0 Å². The maximum atomic E-state index is 11.3. The van der Waals surface area contributed by atoms with Crippen LogP contribution in [-0.4, -0.2) is 11.1 Å². The van der Waals surface area contributed by atoms with Crippen LogP contribution in [0.1, 0.15) is 53.8 Å². The minimum Gasteiger partial charge on any atom is -0.478 e. The highest BCUT2D eigenvalue weighted by Gasteiger charge is 2.19. The lowest BCUT2D eigenvalue weighted by Crippen LogP contribution is -2.09. The zero-order valence-electron chi connectivity index (χ0n) is 11.8. The summed E-state index contributed by atoms with van der Waals surface area (Å²) in [6.45, 7) is 1.71. The van der Waals surface area contributed by atoms with Gasteiger partial charge in [-0.15, -0.1) is 0 Å². The van der Waals surface area contributed by atoms with Gasteiger partial charge in [-0.3, -0.25) is 0 Å². The van der Waals surface area contributed by atoms with Crippen molar-refractivity contribution in [3.8, 4) is 0 Å². The topological polar surface area (TPSA) is 50.4 Å². The number of hydrogen-bond donors (Lipinski definition) is 1. The second kappa shape index (κ2) is 5.31. The summed E-state index contributed by atoms with van der Waals surface area (Å²) in [5.74, 6) is 0.334. The summed E-state index contributed by atoms with van der Waals surface area (Å²) in [7, 11) is 0. The van der Waals surface area contributed by atoms with E-state index >= 15 is 0 Å². The molecule has 106 valence electrons. The van der Waals surface area contributed by atoms with Crippen LogP contribution in [0.3, 0.4) is 0 Å². The van der Waals surface area contributed by atoms with Crippen molar-refractivity contribution in [3.05, 3.63) is 35.1 Å². The van der Waals surface area contributed by atoms with Gasteiger partial charge in [0.2, 0.25) is 0 Å². The Morgan fingerprint density at radius 2 is 2.05 bits per heavy atom. The number of carboxylic acids is 1. The standard InChI is InChI=1S/C17H20O3/c1-11-16(17(18)19)14-10-13(7-8-15(14)20-11)9-12-5-3-2-4-6-12/h7-8,10,12H,2-6,9H2,1H3,(H,18,19). The monoisotopic (exact) mass is 272 g/mol. The molecule has 0 atom stereocenters. The Labute approximate surface area is 118 Å². The minimum absolute atomic E-state index is 0.311. The Morgan fingerprint density at radius 1 is 1.30 bits per heavy atom. The van der Waals surface area contributed by atoms with Crippen molar-refractivity contribution in [2.75, 3.05) is 0 Å². The fourth-order valence-electron chi connectivity index (χ4n) is 3.38. The van der Waals surface area contributed by atoms with Crippen molar-refractivity contribution in [1.82, 2.24) is 0 Å². The van der Waals surface area contributed by atoms with Crippen LogP contribution in [0.15, 0.2) is 22.6 Å². The molecule has 0 unspecified atom stereocenters. The first kappa shape index (κ1) is 13.2. The maximum absolute atomic E-state index is 11.3. The van der Waals surface area contributed by atoms with Crippen molar-refractivity contribution in [1.29, 1.82) is 0 Å². The lowest BCUT2D eigenvalue weighted by molar-refractivity contribution is 0.0697. The number of aryl methyl sites for hydroxylation is 1. The van der Waals surface area contributed by atoms with Crippen molar-refractivity contribution >= 4 is 16.9 Å². The molecule has 1 heterocycles. The van der Waals surface area contributed by atoms with Gasteiger partial charge in [0, 0.05) is 5.39 Å². The molecule has 1 aromatic heterocycles. The number of benzene rings is 1. The number of rotatable bonds is 3. The Kier molecular flexibility index (Phi) is 3.51. The van der Waals surface area contributed by atoms with E-state index in [9.17, 15) is 9.90 Å². The van der Waals surface area contributed by atoms with Crippen molar-refractivity contribution in [2.24, 2.45) is 5.92 Å². The normalized spacial score (nSPS) is 16.6. The number of aromatic carboxylic acids is 1. The summed E-state index contributed by atoms with van der Waals surface area (Å²) in [5.41, 5.74) is 2.21. The number of carbonyl (C=O) groups is 1. The number of carboxylic acid groups (broad SMARTS) is 1. The summed E-state index contributed by atoms with van der Waals surface area (Å²) in [6.07, 6.45) is 7.68. The van der Waals surface area contributed by atoms with E-state index in [1.807, 2.05) is 12.1 Å². The van der Waals surface area contributed by atoms with E-state index in [1.165, 1.54) is 37.7 Å². The fraction of sp³-hybridized carbons (Fsp3) is 0.471. The lowest BCUT2D eigenvalue weighted by atomic mass is 9.84. The molecule has 0 amide bonds. The first-order chi connectivity index (χ1) is 9.65. The SMILES string of the molecule is Cc1oc2ccc(CC3CCCCC3)cc2c1C(=O)O. The van der Waals surface area contributed by atoms with E-state index in [0.29, 0.717) is 16.9 Å². The van der Waals surface area contributed by atoms with E-state index in [0.717, 1.165) is 17.7 Å². The molecule has 1 aliphatic carbocycles. The molecule has 1 saturated carbocycles. The van der Waals surface area contributed by atoms with E-state index in [-0.39, 0.29) is 0 Å². The molecule has 3 heteroatoms. The largest absolute Gasteiger partial charge is 0.478 e. The van der Waals surface area contributed by atoms with Crippen LogP contribution in [0, 0.1) is 12.8 Å². The summed E-state index contributed by atoms with van der Waals surface area (Å²) in [6, 6.07) is 5.99. The van der Waals surface area contributed by atoms with Gasteiger partial charge in [0.15, 0.2) is 0 Å². The zero-order chi connectivity index (χ0) is 14.1. The molecule has 0 aliphatic heterocycles. The Hall–Kier alpha value is -1.77. The van der Waals surface area contributed by atoms with Gasteiger partial charge in [-0.2, -0.15) is 0 Å². The number of hydrogen-bond acceptors (Lipinski definition) is 2. The van der Waals surface area contributed by atoms with Crippen LogP contribution in [0.25, 0.3) is 11.0 Å². The molecule has 0 saturated heterocycles. The Balaban J connectivity index is 1.92. The minimum atomic E-state index is -0.906. The van der Waals surface area contributed by atoms with Gasteiger partial charge in [-0.25, -0.2) is 4.79 Å². The molecule has 1 N–H and O–H groups in total. The third-order valence-electron chi connectivity index (χ3n) is 4.39. The fourth-order valence-corrected chi connectivity index (χ4v) is 3.38. The second-order valence-electron chi connectivity index (χ2n) is 5.88. The summed E-state index contributed by atoms with van der Waals surface area (Å²) in [5, 5.41) is 10.0. The lowest BCUT2D eigenvalue weighted by Gasteiger charge is -2.21. The molecule has 3 nitrogen and oxygen atoms in total. The van der Waals surface area contributed by atoms with E-state index in [1.54, 1.807) is 6.92 Å². The van der Waals surface area contributed by atoms with Crippen LogP contribution in [0.4, 0.5) is 0 Å². The van der Waals surface area contributed by atoms with Crippen molar-refractivity contribution in [3.63, 3.8) is 0 Å². The quantitative estimate of drug-likeness (QED) is 0.890. The smallest absolute Gasteiger partial charge is 0.339 e. The summed E-state index contributed by atoms with van der Waals surface area (Å²) >= 11 is 0. The van der Waals surface area contributed by atoms with Gasteiger partial charge in [0.1, 0.15) is 16.9 Å². The van der Waals surface area contributed by atoms with Crippen LogP contribution < -0.4 is 0 Å². The predicted octanol–water partition coefficient (Wildman–Crippen LogP) is 4.56. The highest BCUT2D eigenvalue weighted by Crippen LogP contribution is 2.30. The second-order valence-corrected chi connectivity index (χ2v) is 5.88. The molecule has 20 heavy (non-hydrogen) atoms. The molecule has 2 aromatic rings. The van der Waals surface area contributed by atoms with E-state index < -0.39 is 5.97 Å². The third-order valence-corrected chi connectivity index (χ3v) is 4.39. The first-order valence-electron chi connectivity index (χ1n) is 7.40. The van der Waals surface area contributed by atoms with Crippen LogP contribution in [-0.2, 0) is 6.42 Å². The van der Waals surface area contributed by atoms with Crippen LogP contribution >= 0.6 is 0 Å². The van der Waals surface area contributed by atoms with Crippen molar-refractivity contribution in [2.45, 2.75) is 45.4 Å². The molecular weight excluding hydrogens is 252 g/mol. The zero-order valence-corrected chi connectivity index (χ0v) is 11.8. The predicted molar refractivity (Wildman–Crippen MR) is 78.2 cm³/mol. The first-order valence-corrected chi connectivity index (χ1v) is 7.40. The average molecular weight is 272 g/mol. The Bertz CT molecular complexity index is 633. The molecule has 3 rings (SSSR count). The van der Waals surface area contributed by atoms with Gasteiger partial charge in [0.25, 0.3) is 0 Å². The highest BCUT2D eigenvalue weighted by atomic mass is 16.4.